The molecule has 3 saturated heterocycles. The molecule has 0 amide bonds. The van der Waals surface area contributed by atoms with Gasteiger partial charge in [0.1, 0.15) is 5.60 Å². The van der Waals surface area contributed by atoms with Gasteiger partial charge in [0.05, 0.1) is 12.7 Å². The highest BCUT2D eigenvalue weighted by molar-refractivity contribution is 6.64. The Morgan fingerprint density at radius 2 is 1.73 bits per heavy atom. The van der Waals surface area contributed by atoms with Gasteiger partial charge in [-0.3, -0.25) is 0 Å². The van der Waals surface area contributed by atoms with E-state index in [1.807, 2.05) is 6.92 Å². The summed E-state index contributed by atoms with van der Waals surface area (Å²) < 4.78 is 40.9. The summed E-state index contributed by atoms with van der Waals surface area (Å²) in [6.07, 6.45) is 2.14. The van der Waals surface area contributed by atoms with Crippen LogP contribution in [0.15, 0.2) is 0 Å². The summed E-state index contributed by atoms with van der Waals surface area (Å²) in [4.78, 5) is 0. The molecule has 128 valence electrons. The lowest BCUT2D eigenvalue weighted by Gasteiger charge is -2.66. The van der Waals surface area contributed by atoms with Gasteiger partial charge >= 0.3 is 8.80 Å². The van der Waals surface area contributed by atoms with E-state index in [-0.39, 0.29) is 12.4 Å². The van der Waals surface area contributed by atoms with Crippen molar-refractivity contribution in [3.8, 4) is 0 Å². The van der Waals surface area contributed by atoms with Crippen LogP contribution in [0.2, 0.25) is 0 Å². The van der Waals surface area contributed by atoms with Crippen molar-refractivity contribution in [2.24, 2.45) is 0 Å². The lowest BCUT2D eigenvalue weighted by molar-refractivity contribution is -0.398. The first-order chi connectivity index (χ1) is 10.6. The van der Waals surface area contributed by atoms with Crippen molar-refractivity contribution in [3.63, 3.8) is 0 Å². The Kier molecular flexibility index (Phi) is 4.65. The molecule has 22 heavy (non-hydrogen) atoms. The van der Waals surface area contributed by atoms with Crippen LogP contribution in [0.4, 0.5) is 0 Å². The van der Waals surface area contributed by atoms with E-state index in [1.54, 1.807) is 21.3 Å². The predicted molar refractivity (Wildman–Crippen MR) is 78.3 cm³/mol. The van der Waals surface area contributed by atoms with Gasteiger partial charge in [0.25, 0.3) is 0 Å². The van der Waals surface area contributed by atoms with Crippen molar-refractivity contribution < 1.29 is 32.2 Å². The molecule has 3 aliphatic heterocycles. The highest BCUT2D eigenvalue weighted by Gasteiger charge is 2.81. The molecule has 3 aliphatic rings. The Morgan fingerprint density at radius 3 is 2.05 bits per heavy atom. The van der Waals surface area contributed by atoms with Crippen LogP contribution in [0.3, 0.4) is 0 Å². The number of hydrogen-bond acceptors (Lipinski definition) is 7. The molecule has 0 spiro atoms. The van der Waals surface area contributed by atoms with Gasteiger partial charge in [0.15, 0.2) is 11.5 Å². The zero-order valence-electron chi connectivity index (χ0n) is 13.8. The van der Waals surface area contributed by atoms with Crippen molar-refractivity contribution >= 4 is 8.80 Å². The van der Waals surface area contributed by atoms with Crippen LogP contribution in [0.25, 0.3) is 0 Å². The van der Waals surface area contributed by atoms with Gasteiger partial charge in [0.2, 0.25) is 0 Å². The summed E-state index contributed by atoms with van der Waals surface area (Å²) in [7, 11) is 1.70. The summed E-state index contributed by atoms with van der Waals surface area (Å²) in [6.45, 7) is 3.98. The molecule has 7 nitrogen and oxygen atoms in total. The predicted octanol–water partition coefficient (Wildman–Crippen LogP) is 0.873. The molecular formula is C14H26O7Si. The first kappa shape index (κ1) is 16.8. The van der Waals surface area contributed by atoms with Crippen LogP contribution in [-0.4, -0.2) is 73.2 Å². The standard InChI is InChI=1S/C14H26O7Si/c1-5-18-12-10-14(21-12,22(15-2,16-3)17-4)13(7-9-20-13)11-6-8-19-11/h11-12H,5-10H2,1-4H3. The molecule has 8 heteroatoms. The van der Waals surface area contributed by atoms with Crippen molar-refractivity contribution in [2.75, 3.05) is 41.2 Å². The van der Waals surface area contributed by atoms with E-state index in [0.29, 0.717) is 19.6 Å². The van der Waals surface area contributed by atoms with E-state index >= 15 is 0 Å². The second-order valence-corrected chi connectivity index (χ2v) is 8.98. The molecule has 0 radical (unpaired) electrons. The highest BCUT2D eigenvalue weighted by atomic mass is 28.4. The van der Waals surface area contributed by atoms with Gasteiger partial charge in [-0.25, -0.2) is 0 Å². The monoisotopic (exact) mass is 334 g/mol. The first-order valence-corrected chi connectivity index (χ1v) is 9.56. The van der Waals surface area contributed by atoms with Crippen LogP contribution >= 0.6 is 0 Å². The number of ether oxygens (including phenoxy) is 4. The maximum Gasteiger partial charge on any atom is 0.537 e. The lowest BCUT2D eigenvalue weighted by atomic mass is 9.75. The summed E-state index contributed by atoms with van der Waals surface area (Å²) in [5, 5.41) is -0.776. The number of rotatable bonds is 8. The van der Waals surface area contributed by atoms with Crippen molar-refractivity contribution in [1.29, 1.82) is 0 Å². The fourth-order valence-electron chi connectivity index (χ4n) is 3.96. The minimum Gasteiger partial charge on any atom is -0.375 e. The average molecular weight is 334 g/mol. The third-order valence-corrected chi connectivity index (χ3v) is 8.52. The first-order valence-electron chi connectivity index (χ1n) is 7.84. The van der Waals surface area contributed by atoms with Gasteiger partial charge in [0, 0.05) is 47.4 Å². The topological polar surface area (TPSA) is 64.6 Å². The molecule has 4 unspecified atom stereocenters. The molecule has 0 saturated carbocycles. The molecule has 0 aromatic heterocycles. The van der Waals surface area contributed by atoms with E-state index in [9.17, 15) is 0 Å². The van der Waals surface area contributed by atoms with Gasteiger partial charge in [-0.15, -0.1) is 0 Å². The van der Waals surface area contributed by atoms with Gasteiger partial charge in [-0.05, 0) is 13.3 Å². The molecule has 3 rings (SSSR count). The van der Waals surface area contributed by atoms with E-state index in [4.69, 9.17) is 32.2 Å². The molecular weight excluding hydrogens is 308 g/mol. The van der Waals surface area contributed by atoms with Crippen LogP contribution in [0, 0.1) is 0 Å². The highest BCUT2D eigenvalue weighted by Crippen LogP contribution is 2.58. The van der Waals surface area contributed by atoms with Gasteiger partial charge in [-0.2, -0.15) is 0 Å². The fraction of sp³-hybridized carbons (Fsp3) is 1.00. The van der Waals surface area contributed by atoms with Crippen LogP contribution in [0.1, 0.15) is 26.2 Å². The minimum absolute atomic E-state index is 0.00356. The summed E-state index contributed by atoms with van der Waals surface area (Å²) >= 11 is 0. The smallest absolute Gasteiger partial charge is 0.375 e. The maximum atomic E-state index is 6.23. The zero-order chi connectivity index (χ0) is 15.8. The summed E-state index contributed by atoms with van der Waals surface area (Å²) in [6, 6.07) is 0. The second-order valence-electron chi connectivity index (χ2n) is 5.84. The van der Waals surface area contributed by atoms with Gasteiger partial charge in [-0.1, -0.05) is 0 Å². The molecule has 0 aromatic rings. The van der Waals surface area contributed by atoms with Crippen LogP contribution in [0.5, 0.6) is 0 Å². The Hall–Kier alpha value is -0.0631. The van der Waals surface area contributed by atoms with Crippen LogP contribution in [-0.2, 0) is 32.2 Å². The molecule has 3 heterocycles. The average Bonchev–Trinajstić information content (AvgIpc) is 2.40. The van der Waals surface area contributed by atoms with Crippen molar-refractivity contribution in [3.05, 3.63) is 0 Å². The Balaban J connectivity index is 1.93. The lowest BCUT2D eigenvalue weighted by Crippen LogP contribution is -2.87. The van der Waals surface area contributed by atoms with E-state index < -0.39 is 19.6 Å². The van der Waals surface area contributed by atoms with E-state index in [2.05, 4.69) is 0 Å². The molecule has 0 bridgehead atoms. The van der Waals surface area contributed by atoms with Crippen molar-refractivity contribution in [1.82, 2.24) is 0 Å². The second kappa shape index (κ2) is 6.10. The van der Waals surface area contributed by atoms with Crippen LogP contribution < -0.4 is 0 Å². The van der Waals surface area contributed by atoms with Gasteiger partial charge < -0.3 is 32.2 Å². The third-order valence-electron chi connectivity index (χ3n) is 5.18. The van der Waals surface area contributed by atoms with E-state index in [0.717, 1.165) is 19.4 Å². The SMILES string of the molecule is CCOC1CC(C2(C3CCO3)CCO2)([Si](OC)(OC)OC)O1. The third kappa shape index (κ3) is 1.99. The number of hydrogen-bond donors (Lipinski definition) is 0. The maximum absolute atomic E-state index is 6.23. The minimum atomic E-state index is -3.11. The molecule has 3 fully saturated rings. The fourth-order valence-corrected chi connectivity index (χ4v) is 7.02. The quantitative estimate of drug-likeness (QED) is 0.610. The Bertz CT molecular complexity index is 378. The molecule has 0 aromatic carbocycles. The van der Waals surface area contributed by atoms with Crippen molar-refractivity contribution in [2.45, 2.75) is 49.4 Å². The Morgan fingerprint density at radius 1 is 1.14 bits per heavy atom. The Labute approximate surface area is 132 Å². The molecule has 0 N–H and O–H groups in total. The zero-order valence-corrected chi connectivity index (χ0v) is 14.8. The molecule has 4 atom stereocenters. The molecule has 0 aliphatic carbocycles. The largest absolute Gasteiger partial charge is 0.537 e. The van der Waals surface area contributed by atoms with E-state index in [1.165, 1.54) is 0 Å². The summed E-state index contributed by atoms with van der Waals surface area (Å²) in [5.41, 5.74) is -0.562. The summed E-state index contributed by atoms with van der Waals surface area (Å²) in [5.74, 6) is 0. The normalized spacial score (nSPS) is 41.5.